The summed E-state index contributed by atoms with van der Waals surface area (Å²) in [6.07, 6.45) is 0. The summed E-state index contributed by atoms with van der Waals surface area (Å²) in [7, 11) is 3.86. The Morgan fingerprint density at radius 1 is 0.929 bits per heavy atom. The first kappa shape index (κ1) is 20.4. The second-order valence-corrected chi connectivity index (χ2v) is 7.93. The van der Waals surface area contributed by atoms with Gasteiger partial charge in [-0.3, -0.25) is 14.6 Å². The maximum Gasteiger partial charge on any atom is 0.246 e. The predicted octanol–water partition coefficient (Wildman–Crippen LogP) is 3.46. The van der Waals surface area contributed by atoms with Crippen LogP contribution in [-0.4, -0.2) is 62.0 Å². The number of amides is 1. The molecule has 0 saturated carbocycles. The minimum absolute atomic E-state index is 0.0190. The number of benzene rings is 2. The molecule has 0 aliphatic carbocycles. The normalized spacial score (nSPS) is 16.4. The summed E-state index contributed by atoms with van der Waals surface area (Å²) < 4.78 is 0. The molecule has 1 amide bonds. The van der Waals surface area contributed by atoms with E-state index in [0.717, 1.165) is 37.4 Å². The molecule has 1 unspecified atom stereocenters. The molecule has 3 rings (SSSR count). The number of carbonyl (C=O) groups excluding carboxylic acids is 1. The van der Waals surface area contributed by atoms with Crippen LogP contribution in [-0.2, 0) is 4.79 Å². The average molecular weight is 381 g/mol. The number of rotatable bonds is 6. The van der Waals surface area contributed by atoms with Crippen LogP contribution in [0, 0.1) is 0 Å². The summed E-state index contributed by atoms with van der Waals surface area (Å²) in [5.74, 6) is -0.0190. The molecular formula is C23H32N4O. The van der Waals surface area contributed by atoms with Crippen molar-refractivity contribution < 1.29 is 4.79 Å². The van der Waals surface area contributed by atoms with Crippen LogP contribution in [0.3, 0.4) is 0 Å². The highest BCUT2D eigenvalue weighted by Crippen LogP contribution is 2.23. The molecule has 0 aromatic heterocycles. The highest BCUT2D eigenvalue weighted by Gasteiger charge is 2.23. The standard InChI is InChI=1S/C23H32N4O/c1-18(2)26-14-16-27(17-15-26)21-12-10-20(11-13-21)24-23(28)22(25(3)4)19-8-6-5-7-9-19/h5-13,18,22H,14-17H2,1-4H3,(H,24,28). The Hall–Kier alpha value is -2.37. The van der Waals surface area contributed by atoms with Crippen molar-refractivity contribution in [3.63, 3.8) is 0 Å². The van der Waals surface area contributed by atoms with E-state index in [2.05, 4.69) is 41.1 Å². The van der Waals surface area contributed by atoms with Crippen molar-refractivity contribution in [1.82, 2.24) is 9.80 Å². The molecule has 1 atom stereocenters. The maximum absolute atomic E-state index is 12.9. The van der Waals surface area contributed by atoms with Gasteiger partial charge < -0.3 is 10.2 Å². The van der Waals surface area contributed by atoms with Gasteiger partial charge in [0.15, 0.2) is 0 Å². The molecule has 1 aliphatic rings. The molecule has 5 heteroatoms. The van der Waals surface area contributed by atoms with Gasteiger partial charge in [0.2, 0.25) is 5.91 Å². The van der Waals surface area contributed by atoms with E-state index in [-0.39, 0.29) is 11.9 Å². The van der Waals surface area contributed by atoms with E-state index in [0.29, 0.717) is 6.04 Å². The summed E-state index contributed by atoms with van der Waals surface area (Å²) in [6.45, 7) is 8.78. The van der Waals surface area contributed by atoms with Gasteiger partial charge in [-0.1, -0.05) is 30.3 Å². The van der Waals surface area contributed by atoms with Crippen molar-refractivity contribution >= 4 is 17.3 Å². The molecular weight excluding hydrogens is 348 g/mol. The third-order valence-corrected chi connectivity index (χ3v) is 5.42. The summed E-state index contributed by atoms with van der Waals surface area (Å²) in [5, 5.41) is 3.07. The molecule has 0 bridgehead atoms. The molecule has 1 aliphatic heterocycles. The third-order valence-electron chi connectivity index (χ3n) is 5.42. The highest BCUT2D eigenvalue weighted by atomic mass is 16.2. The Balaban J connectivity index is 1.63. The molecule has 2 aromatic carbocycles. The summed E-state index contributed by atoms with van der Waals surface area (Å²) in [4.78, 5) is 19.7. The zero-order valence-corrected chi connectivity index (χ0v) is 17.4. The molecule has 150 valence electrons. The molecule has 28 heavy (non-hydrogen) atoms. The van der Waals surface area contributed by atoms with E-state index in [4.69, 9.17) is 0 Å². The summed E-state index contributed by atoms with van der Waals surface area (Å²) in [5.41, 5.74) is 3.04. The van der Waals surface area contributed by atoms with Crippen LogP contribution in [0.25, 0.3) is 0 Å². The molecule has 5 nitrogen and oxygen atoms in total. The van der Waals surface area contributed by atoms with E-state index in [1.807, 2.05) is 61.5 Å². The van der Waals surface area contributed by atoms with E-state index in [1.165, 1.54) is 5.69 Å². The minimum Gasteiger partial charge on any atom is -0.369 e. The molecule has 1 saturated heterocycles. The summed E-state index contributed by atoms with van der Waals surface area (Å²) >= 11 is 0. The quantitative estimate of drug-likeness (QED) is 0.833. The Labute approximate surface area is 168 Å². The van der Waals surface area contributed by atoms with Crippen LogP contribution in [0.2, 0.25) is 0 Å². The molecule has 1 fully saturated rings. The van der Waals surface area contributed by atoms with Crippen molar-refractivity contribution in [2.75, 3.05) is 50.5 Å². The SMILES string of the molecule is CC(C)N1CCN(c2ccc(NC(=O)C(c3ccccc3)N(C)C)cc2)CC1. The lowest BCUT2D eigenvalue weighted by molar-refractivity contribution is -0.120. The Kier molecular flexibility index (Phi) is 6.70. The molecule has 0 spiro atoms. The largest absolute Gasteiger partial charge is 0.369 e. The van der Waals surface area contributed by atoms with Gasteiger partial charge >= 0.3 is 0 Å². The first-order valence-corrected chi connectivity index (χ1v) is 10.1. The number of nitrogens with one attached hydrogen (secondary N) is 1. The van der Waals surface area contributed by atoms with Crippen LogP contribution in [0.1, 0.15) is 25.5 Å². The van der Waals surface area contributed by atoms with Crippen LogP contribution < -0.4 is 10.2 Å². The van der Waals surface area contributed by atoms with Crippen molar-refractivity contribution in [2.45, 2.75) is 25.9 Å². The second kappa shape index (κ2) is 9.22. The van der Waals surface area contributed by atoms with Gasteiger partial charge in [-0.15, -0.1) is 0 Å². The zero-order chi connectivity index (χ0) is 20.1. The first-order valence-electron chi connectivity index (χ1n) is 10.1. The van der Waals surface area contributed by atoms with Crippen LogP contribution in [0.5, 0.6) is 0 Å². The molecule has 1 heterocycles. The van der Waals surface area contributed by atoms with Crippen LogP contribution in [0.15, 0.2) is 54.6 Å². The smallest absolute Gasteiger partial charge is 0.246 e. The second-order valence-electron chi connectivity index (χ2n) is 7.93. The first-order chi connectivity index (χ1) is 13.5. The molecule has 1 N–H and O–H groups in total. The van der Waals surface area contributed by atoms with Crippen LogP contribution in [0.4, 0.5) is 11.4 Å². The fourth-order valence-corrected chi connectivity index (χ4v) is 3.78. The maximum atomic E-state index is 12.9. The van der Waals surface area contributed by atoms with Crippen molar-refractivity contribution in [3.05, 3.63) is 60.2 Å². The molecule has 2 aromatic rings. The van der Waals surface area contributed by atoms with Gasteiger partial charge in [-0.25, -0.2) is 0 Å². The lowest BCUT2D eigenvalue weighted by Gasteiger charge is -2.38. The number of hydrogen-bond donors (Lipinski definition) is 1. The fraction of sp³-hybridized carbons (Fsp3) is 0.435. The van der Waals surface area contributed by atoms with Crippen molar-refractivity contribution in [1.29, 1.82) is 0 Å². The van der Waals surface area contributed by atoms with Crippen molar-refractivity contribution in [3.8, 4) is 0 Å². The number of hydrogen-bond acceptors (Lipinski definition) is 4. The van der Waals surface area contributed by atoms with Crippen molar-refractivity contribution in [2.24, 2.45) is 0 Å². The number of piperazine rings is 1. The number of nitrogens with zero attached hydrogens (tertiary/aromatic N) is 3. The minimum atomic E-state index is -0.315. The number of likely N-dealkylation sites (N-methyl/N-ethyl adjacent to an activating group) is 1. The third kappa shape index (κ3) is 4.91. The van der Waals surface area contributed by atoms with Gasteiger partial charge in [0.25, 0.3) is 0 Å². The van der Waals surface area contributed by atoms with Gasteiger partial charge in [-0.05, 0) is 57.8 Å². The predicted molar refractivity (Wildman–Crippen MR) is 117 cm³/mol. The lowest BCUT2D eigenvalue weighted by atomic mass is 10.1. The Bertz CT molecular complexity index is 750. The zero-order valence-electron chi connectivity index (χ0n) is 17.4. The van der Waals surface area contributed by atoms with E-state index < -0.39 is 0 Å². The average Bonchev–Trinajstić information content (AvgIpc) is 2.69. The highest BCUT2D eigenvalue weighted by molar-refractivity contribution is 5.95. The fourth-order valence-electron chi connectivity index (χ4n) is 3.78. The van der Waals surface area contributed by atoms with Gasteiger partial charge in [0, 0.05) is 43.6 Å². The van der Waals surface area contributed by atoms with Gasteiger partial charge in [0.1, 0.15) is 6.04 Å². The van der Waals surface area contributed by atoms with E-state index in [9.17, 15) is 4.79 Å². The summed E-state index contributed by atoms with van der Waals surface area (Å²) in [6, 6.07) is 18.4. The number of carbonyl (C=O) groups is 1. The Morgan fingerprint density at radius 3 is 2.07 bits per heavy atom. The number of anilines is 2. The van der Waals surface area contributed by atoms with Gasteiger partial charge in [-0.2, -0.15) is 0 Å². The monoisotopic (exact) mass is 380 g/mol. The molecule has 0 radical (unpaired) electrons. The van der Waals surface area contributed by atoms with E-state index >= 15 is 0 Å². The Morgan fingerprint density at radius 2 is 1.54 bits per heavy atom. The van der Waals surface area contributed by atoms with Gasteiger partial charge in [0.05, 0.1) is 0 Å². The van der Waals surface area contributed by atoms with E-state index in [1.54, 1.807) is 0 Å². The lowest BCUT2D eigenvalue weighted by Crippen LogP contribution is -2.48. The topological polar surface area (TPSA) is 38.8 Å². The van der Waals surface area contributed by atoms with Crippen LogP contribution >= 0.6 is 0 Å².